The van der Waals surface area contributed by atoms with Crippen LogP contribution >= 0.6 is 0 Å². The number of esters is 1. The molecule has 11 heavy (non-hydrogen) atoms. The lowest BCUT2D eigenvalue weighted by molar-refractivity contribution is -0.147. The minimum Gasteiger partial charge on any atom is -0.469 e. The first-order valence-electron chi connectivity index (χ1n) is 4.04. The zero-order valence-electron chi connectivity index (χ0n) is 7.09. The van der Waals surface area contributed by atoms with Crippen LogP contribution in [0.25, 0.3) is 0 Å². The van der Waals surface area contributed by atoms with Crippen LogP contribution in [-0.2, 0) is 9.53 Å². The SMILES string of the molecule is COC(=O)[C@@H]1CNCCC1C. The van der Waals surface area contributed by atoms with Gasteiger partial charge in [0.15, 0.2) is 0 Å². The number of methoxy groups -OCH3 is 1. The number of rotatable bonds is 1. The van der Waals surface area contributed by atoms with E-state index in [1.54, 1.807) is 0 Å². The average Bonchev–Trinajstić information content (AvgIpc) is 2.04. The van der Waals surface area contributed by atoms with Crippen molar-refractivity contribution >= 4 is 5.97 Å². The number of hydrogen-bond donors (Lipinski definition) is 1. The fourth-order valence-corrected chi connectivity index (χ4v) is 1.46. The van der Waals surface area contributed by atoms with Gasteiger partial charge in [-0.3, -0.25) is 4.79 Å². The molecule has 0 aromatic heterocycles. The van der Waals surface area contributed by atoms with Gasteiger partial charge in [0, 0.05) is 6.54 Å². The van der Waals surface area contributed by atoms with Crippen molar-refractivity contribution in [3.63, 3.8) is 0 Å². The molecule has 0 aromatic rings. The van der Waals surface area contributed by atoms with Gasteiger partial charge in [-0.2, -0.15) is 0 Å². The van der Waals surface area contributed by atoms with Crippen LogP contribution in [0.4, 0.5) is 0 Å². The van der Waals surface area contributed by atoms with E-state index in [4.69, 9.17) is 0 Å². The Kier molecular flexibility index (Phi) is 2.88. The van der Waals surface area contributed by atoms with E-state index in [1.807, 2.05) is 0 Å². The fraction of sp³-hybridized carbons (Fsp3) is 0.875. The number of ether oxygens (including phenoxy) is 1. The minimum atomic E-state index is -0.0790. The first kappa shape index (κ1) is 8.53. The Balaban J connectivity index is 2.47. The van der Waals surface area contributed by atoms with Crippen LogP contribution < -0.4 is 5.32 Å². The van der Waals surface area contributed by atoms with Crippen molar-refractivity contribution in [2.45, 2.75) is 13.3 Å². The van der Waals surface area contributed by atoms with Crippen molar-refractivity contribution < 1.29 is 9.53 Å². The lowest BCUT2D eigenvalue weighted by Crippen LogP contribution is -2.40. The average molecular weight is 157 g/mol. The topological polar surface area (TPSA) is 38.3 Å². The molecule has 1 fully saturated rings. The van der Waals surface area contributed by atoms with Gasteiger partial charge in [0.25, 0.3) is 0 Å². The van der Waals surface area contributed by atoms with Crippen LogP contribution in [0.3, 0.4) is 0 Å². The van der Waals surface area contributed by atoms with E-state index in [-0.39, 0.29) is 11.9 Å². The summed E-state index contributed by atoms with van der Waals surface area (Å²) >= 11 is 0. The molecule has 2 atom stereocenters. The molecule has 1 N–H and O–H groups in total. The van der Waals surface area contributed by atoms with E-state index < -0.39 is 0 Å². The van der Waals surface area contributed by atoms with Crippen molar-refractivity contribution in [1.82, 2.24) is 5.32 Å². The standard InChI is InChI=1S/C8H15NO2/c1-6-3-4-9-5-7(6)8(10)11-2/h6-7,9H,3-5H2,1-2H3/t6?,7-/m1/s1. The lowest BCUT2D eigenvalue weighted by Gasteiger charge is -2.26. The molecule has 0 aliphatic carbocycles. The first-order valence-corrected chi connectivity index (χ1v) is 4.04. The highest BCUT2D eigenvalue weighted by Gasteiger charge is 2.27. The van der Waals surface area contributed by atoms with Gasteiger partial charge in [0.1, 0.15) is 0 Å². The second kappa shape index (κ2) is 3.72. The second-order valence-electron chi connectivity index (χ2n) is 3.10. The van der Waals surface area contributed by atoms with Crippen molar-refractivity contribution in [1.29, 1.82) is 0 Å². The third-order valence-corrected chi connectivity index (χ3v) is 2.33. The highest BCUT2D eigenvalue weighted by molar-refractivity contribution is 5.73. The molecule has 1 heterocycles. The third-order valence-electron chi connectivity index (χ3n) is 2.33. The van der Waals surface area contributed by atoms with Gasteiger partial charge in [0.05, 0.1) is 13.0 Å². The molecule has 1 unspecified atom stereocenters. The largest absolute Gasteiger partial charge is 0.469 e. The van der Waals surface area contributed by atoms with Crippen LogP contribution in [-0.4, -0.2) is 26.2 Å². The predicted molar refractivity (Wildman–Crippen MR) is 42.2 cm³/mol. The highest BCUT2D eigenvalue weighted by Crippen LogP contribution is 2.18. The summed E-state index contributed by atoms with van der Waals surface area (Å²) in [6.07, 6.45) is 1.07. The minimum absolute atomic E-state index is 0.0637. The molecule has 1 aliphatic heterocycles. The molecule has 0 saturated carbocycles. The van der Waals surface area contributed by atoms with Crippen LogP contribution in [0.1, 0.15) is 13.3 Å². The van der Waals surface area contributed by atoms with E-state index in [0.29, 0.717) is 5.92 Å². The molecule has 3 nitrogen and oxygen atoms in total. The van der Waals surface area contributed by atoms with Crippen LogP contribution in [0.15, 0.2) is 0 Å². The number of carbonyl (C=O) groups is 1. The molecular formula is C8H15NO2. The normalized spacial score (nSPS) is 31.5. The van der Waals surface area contributed by atoms with E-state index in [1.165, 1.54) is 7.11 Å². The maximum Gasteiger partial charge on any atom is 0.310 e. The molecule has 3 heteroatoms. The molecule has 0 spiro atoms. The van der Waals surface area contributed by atoms with Gasteiger partial charge < -0.3 is 10.1 Å². The summed E-state index contributed by atoms with van der Waals surface area (Å²) in [5.41, 5.74) is 0. The van der Waals surface area contributed by atoms with Gasteiger partial charge in [-0.25, -0.2) is 0 Å². The van der Waals surface area contributed by atoms with Gasteiger partial charge in [-0.05, 0) is 18.9 Å². The van der Waals surface area contributed by atoms with Gasteiger partial charge in [-0.15, -0.1) is 0 Å². The molecule has 64 valence electrons. The molecule has 1 saturated heterocycles. The zero-order valence-corrected chi connectivity index (χ0v) is 7.09. The number of piperidine rings is 1. The Morgan fingerprint density at radius 2 is 2.36 bits per heavy atom. The van der Waals surface area contributed by atoms with Gasteiger partial charge in [0.2, 0.25) is 0 Å². The molecule has 1 aliphatic rings. The highest BCUT2D eigenvalue weighted by atomic mass is 16.5. The molecule has 0 radical (unpaired) electrons. The Hall–Kier alpha value is -0.570. The van der Waals surface area contributed by atoms with E-state index in [0.717, 1.165) is 19.5 Å². The van der Waals surface area contributed by atoms with Crippen molar-refractivity contribution in [2.24, 2.45) is 11.8 Å². The molecular weight excluding hydrogens is 142 g/mol. The molecule has 0 aromatic carbocycles. The van der Waals surface area contributed by atoms with Crippen LogP contribution in [0, 0.1) is 11.8 Å². The van der Waals surface area contributed by atoms with Crippen LogP contribution in [0.2, 0.25) is 0 Å². The second-order valence-corrected chi connectivity index (χ2v) is 3.10. The number of carbonyl (C=O) groups excluding carboxylic acids is 1. The maximum atomic E-state index is 11.1. The first-order chi connectivity index (χ1) is 5.25. The third kappa shape index (κ3) is 1.93. The van der Waals surface area contributed by atoms with E-state index in [9.17, 15) is 4.79 Å². The zero-order chi connectivity index (χ0) is 8.27. The molecule has 1 rings (SSSR count). The van der Waals surface area contributed by atoms with Crippen molar-refractivity contribution in [3.05, 3.63) is 0 Å². The smallest absolute Gasteiger partial charge is 0.310 e. The number of nitrogens with one attached hydrogen (secondary N) is 1. The summed E-state index contributed by atoms with van der Waals surface area (Å²) in [6, 6.07) is 0. The summed E-state index contributed by atoms with van der Waals surface area (Å²) in [4.78, 5) is 11.1. The monoisotopic (exact) mass is 157 g/mol. The van der Waals surface area contributed by atoms with E-state index >= 15 is 0 Å². The van der Waals surface area contributed by atoms with Crippen LogP contribution in [0.5, 0.6) is 0 Å². The number of hydrogen-bond acceptors (Lipinski definition) is 3. The summed E-state index contributed by atoms with van der Waals surface area (Å²) in [5, 5.41) is 3.18. The summed E-state index contributed by atoms with van der Waals surface area (Å²) < 4.78 is 4.68. The Bertz CT molecular complexity index is 147. The Morgan fingerprint density at radius 1 is 1.64 bits per heavy atom. The summed E-state index contributed by atoms with van der Waals surface area (Å²) in [6.45, 7) is 3.89. The molecule has 0 amide bonds. The summed E-state index contributed by atoms with van der Waals surface area (Å²) in [5.74, 6) is 0.446. The van der Waals surface area contributed by atoms with E-state index in [2.05, 4.69) is 17.0 Å². The Labute approximate surface area is 67.1 Å². The Morgan fingerprint density at radius 3 is 2.91 bits per heavy atom. The fourth-order valence-electron chi connectivity index (χ4n) is 1.46. The van der Waals surface area contributed by atoms with Gasteiger partial charge >= 0.3 is 5.97 Å². The molecule has 0 bridgehead atoms. The quantitative estimate of drug-likeness (QED) is 0.560. The van der Waals surface area contributed by atoms with Crippen molar-refractivity contribution in [3.8, 4) is 0 Å². The summed E-state index contributed by atoms with van der Waals surface area (Å²) in [7, 11) is 1.45. The maximum absolute atomic E-state index is 11.1. The lowest BCUT2D eigenvalue weighted by atomic mass is 9.88. The predicted octanol–water partition coefficient (Wildman–Crippen LogP) is 0.405. The van der Waals surface area contributed by atoms with Crippen molar-refractivity contribution in [2.75, 3.05) is 20.2 Å². The van der Waals surface area contributed by atoms with Gasteiger partial charge in [-0.1, -0.05) is 6.92 Å².